The van der Waals surface area contributed by atoms with Gasteiger partial charge in [0.2, 0.25) is 0 Å². The Bertz CT molecular complexity index is 775. The molecule has 1 aliphatic rings. The van der Waals surface area contributed by atoms with Crippen LogP contribution in [0.4, 0.5) is 10.1 Å². The van der Waals surface area contributed by atoms with Crippen molar-refractivity contribution in [3.05, 3.63) is 57.8 Å². The van der Waals surface area contributed by atoms with E-state index in [0.717, 1.165) is 17.5 Å². The second-order valence-electron chi connectivity index (χ2n) is 5.72. The summed E-state index contributed by atoms with van der Waals surface area (Å²) in [6.07, 6.45) is 0. The highest BCUT2D eigenvalue weighted by Crippen LogP contribution is 2.26. The molecule has 2 aromatic rings. The third kappa shape index (κ3) is 3.83. The average Bonchev–Trinajstić information content (AvgIpc) is 2.64. The van der Waals surface area contributed by atoms with Crippen LogP contribution in [0.2, 0.25) is 10.0 Å². The van der Waals surface area contributed by atoms with E-state index in [1.165, 1.54) is 6.07 Å². The second-order valence-corrected chi connectivity index (χ2v) is 6.54. The van der Waals surface area contributed by atoms with Crippen molar-refractivity contribution in [2.75, 3.05) is 38.2 Å². The normalized spacial score (nSPS) is 14.6. The molecule has 0 aromatic heterocycles. The van der Waals surface area contributed by atoms with E-state index in [9.17, 15) is 9.18 Å². The van der Waals surface area contributed by atoms with E-state index in [1.807, 2.05) is 24.3 Å². The summed E-state index contributed by atoms with van der Waals surface area (Å²) in [4.78, 5) is 16.5. The van der Waals surface area contributed by atoms with E-state index >= 15 is 0 Å². The molecule has 4 nitrogen and oxygen atoms in total. The number of methoxy groups -OCH3 is 1. The molecule has 3 rings (SSSR count). The first-order chi connectivity index (χ1) is 12.0. The highest BCUT2D eigenvalue weighted by molar-refractivity contribution is 6.36. The number of piperazine rings is 1. The molecule has 1 saturated heterocycles. The van der Waals surface area contributed by atoms with E-state index in [-0.39, 0.29) is 21.5 Å². The van der Waals surface area contributed by atoms with Crippen molar-refractivity contribution in [2.45, 2.75) is 0 Å². The van der Waals surface area contributed by atoms with Crippen LogP contribution in [-0.2, 0) is 0 Å². The first-order valence-electron chi connectivity index (χ1n) is 7.82. The molecule has 1 amide bonds. The van der Waals surface area contributed by atoms with Crippen LogP contribution in [0.5, 0.6) is 5.75 Å². The number of hydrogen-bond acceptors (Lipinski definition) is 3. The summed E-state index contributed by atoms with van der Waals surface area (Å²) in [7, 11) is 1.63. The Kier molecular flexibility index (Phi) is 5.35. The van der Waals surface area contributed by atoms with Crippen LogP contribution in [0, 0.1) is 5.82 Å². The SMILES string of the molecule is COc1ccc(N2CCN(C(=O)c3cc(F)c(Cl)cc3Cl)CC2)cc1. The van der Waals surface area contributed by atoms with Crippen molar-refractivity contribution in [1.29, 1.82) is 0 Å². The van der Waals surface area contributed by atoms with Gasteiger partial charge in [0, 0.05) is 31.9 Å². The van der Waals surface area contributed by atoms with Crippen LogP contribution in [0.1, 0.15) is 10.4 Å². The summed E-state index contributed by atoms with van der Waals surface area (Å²) >= 11 is 11.7. The monoisotopic (exact) mass is 382 g/mol. The summed E-state index contributed by atoms with van der Waals surface area (Å²) < 4.78 is 18.8. The molecule has 1 fully saturated rings. The lowest BCUT2D eigenvalue weighted by Crippen LogP contribution is -2.48. The minimum absolute atomic E-state index is 0.0918. The molecule has 0 N–H and O–H groups in total. The fourth-order valence-electron chi connectivity index (χ4n) is 2.82. The van der Waals surface area contributed by atoms with Gasteiger partial charge in [-0.05, 0) is 36.4 Å². The zero-order chi connectivity index (χ0) is 18.0. The highest BCUT2D eigenvalue weighted by Gasteiger charge is 2.24. The quantitative estimate of drug-likeness (QED) is 0.749. The Hall–Kier alpha value is -1.98. The van der Waals surface area contributed by atoms with Gasteiger partial charge in [-0.25, -0.2) is 4.39 Å². The van der Waals surface area contributed by atoms with Crippen molar-refractivity contribution in [1.82, 2.24) is 4.90 Å². The molecule has 1 heterocycles. The zero-order valence-corrected chi connectivity index (χ0v) is 15.1. The molecule has 7 heteroatoms. The van der Waals surface area contributed by atoms with Gasteiger partial charge in [0.1, 0.15) is 11.6 Å². The lowest BCUT2D eigenvalue weighted by molar-refractivity contribution is 0.0746. The number of nitrogens with zero attached hydrogens (tertiary/aromatic N) is 2. The Morgan fingerprint density at radius 2 is 1.68 bits per heavy atom. The fraction of sp³-hybridized carbons (Fsp3) is 0.278. The minimum atomic E-state index is -0.647. The number of carbonyl (C=O) groups is 1. The average molecular weight is 383 g/mol. The predicted molar refractivity (Wildman–Crippen MR) is 97.5 cm³/mol. The molecule has 25 heavy (non-hydrogen) atoms. The van der Waals surface area contributed by atoms with Gasteiger partial charge in [0.05, 0.1) is 22.7 Å². The van der Waals surface area contributed by atoms with Crippen molar-refractivity contribution in [3.63, 3.8) is 0 Å². The molecule has 1 aliphatic heterocycles. The van der Waals surface area contributed by atoms with E-state index in [2.05, 4.69) is 4.90 Å². The number of benzene rings is 2. The lowest BCUT2D eigenvalue weighted by Gasteiger charge is -2.36. The molecule has 2 aromatic carbocycles. The number of hydrogen-bond donors (Lipinski definition) is 0. The van der Waals surface area contributed by atoms with E-state index in [4.69, 9.17) is 27.9 Å². The zero-order valence-electron chi connectivity index (χ0n) is 13.6. The van der Waals surface area contributed by atoms with Gasteiger partial charge >= 0.3 is 0 Å². The summed E-state index contributed by atoms with van der Waals surface area (Å²) in [5.74, 6) is -0.127. The molecule has 0 atom stereocenters. The molecule has 0 radical (unpaired) electrons. The topological polar surface area (TPSA) is 32.8 Å². The number of rotatable bonds is 3. The molecule has 0 unspecified atom stereocenters. The van der Waals surface area contributed by atoms with Gasteiger partial charge in [-0.2, -0.15) is 0 Å². The van der Waals surface area contributed by atoms with E-state index in [1.54, 1.807) is 12.0 Å². The fourth-order valence-corrected chi connectivity index (χ4v) is 3.28. The summed E-state index contributed by atoms with van der Waals surface area (Å²) in [5, 5.41) is 0.0693. The Balaban J connectivity index is 1.67. The summed E-state index contributed by atoms with van der Waals surface area (Å²) in [6.45, 7) is 2.44. The maximum Gasteiger partial charge on any atom is 0.255 e. The number of halogens is 3. The lowest BCUT2D eigenvalue weighted by atomic mass is 10.1. The van der Waals surface area contributed by atoms with Gasteiger partial charge in [0.15, 0.2) is 0 Å². The molecule has 0 bridgehead atoms. The minimum Gasteiger partial charge on any atom is -0.497 e. The Morgan fingerprint density at radius 1 is 1.04 bits per heavy atom. The van der Waals surface area contributed by atoms with Crippen molar-refractivity contribution >= 4 is 34.8 Å². The molecule has 0 aliphatic carbocycles. The van der Waals surface area contributed by atoms with Gasteiger partial charge in [-0.15, -0.1) is 0 Å². The van der Waals surface area contributed by atoms with Crippen molar-refractivity contribution in [3.8, 4) is 5.75 Å². The van der Waals surface area contributed by atoms with Crippen LogP contribution in [-0.4, -0.2) is 44.1 Å². The van der Waals surface area contributed by atoms with Crippen LogP contribution < -0.4 is 9.64 Å². The smallest absolute Gasteiger partial charge is 0.255 e. The number of amides is 1. The van der Waals surface area contributed by atoms with E-state index in [0.29, 0.717) is 26.2 Å². The second kappa shape index (κ2) is 7.50. The predicted octanol–water partition coefficient (Wildman–Crippen LogP) is 4.10. The van der Waals surface area contributed by atoms with Gasteiger partial charge < -0.3 is 14.5 Å². The first kappa shape index (κ1) is 17.8. The summed E-state index contributed by atoms with van der Waals surface area (Å²) in [5.41, 5.74) is 1.21. The molecule has 0 saturated carbocycles. The molecule has 132 valence electrons. The highest BCUT2D eigenvalue weighted by atomic mass is 35.5. The Morgan fingerprint density at radius 3 is 2.28 bits per heavy atom. The third-order valence-corrected chi connectivity index (χ3v) is 4.85. The number of ether oxygens (including phenoxy) is 1. The van der Waals surface area contributed by atoms with E-state index < -0.39 is 5.82 Å². The summed E-state index contributed by atoms with van der Waals surface area (Å²) in [6, 6.07) is 10.2. The van der Waals surface area contributed by atoms with Gasteiger partial charge in [-0.3, -0.25) is 4.79 Å². The van der Waals surface area contributed by atoms with Crippen LogP contribution >= 0.6 is 23.2 Å². The molecular formula is C18H17Cl2FN2O2. The van der Waals surface area contributed by atoms with Gasteiger partial charge in [0.25, 0.3) is 5.91 Å². The van der Waals surface area contributed by atoms with Crippen LogP contribution in [0.3, 0.4) is 0 Å². The molecular weight excluding hydrogens is 366 g/mol. The van der Waals surface area contributed by atoms with Crippen LogP contribution in [0.25, 0.3) is 0 Å². The number of carbonyl (C=O) groups excluding carboxylic acids is 1. The van der Waals surface area contributed by atoms with Gasteiger partial charge in [-0.1, -0.05) is 23.2 Å². The standard InChI is InChI=1S/C18H17Cl2FN2O2/c1-25-13-4-2-12(3-5-13)22-6-8-23(9-7-22)18(24)14-10-17(21)16(20)11-15(14)19/h2-5,10-11H,6-9H2,1H3. The third-order valence-electron chi connectivity index (χ3n) is 4.24. The maximum atomic E-state index is 13.7. The largest absolute Gasteiger partial charge is 0.497 e. The molecule has 0 spiro atoms. The van der Waals surface area contributed by atoms with Crippen molar-refractivity contribution < 1.29 is 13.9 Å². The first-order valence-corrected chi connectivity index (χ1v) is 8.58. The van der Waals surface area contributed by atoms with Crippen molar-refractivity contribution in [2.24, 2.45) is 0 Å². The Labute approximate surface area is 155 Å². The maximum absolute atomic E-state index is 13.7. The number of anilines is 1. The van der Waals surface area contributed by atoms with Crippen LogP contribution in [0.15, 0.2) is 36.4 Å².